The van der Waals surface area contributed by atoms with Crippen molar-refractivity contribution < 1.29 is 9.90 Å². The molecule has 3 nitrogen and oxygen atoms in total. The highest BCUT2D eigenvalue weighted by Crippen LogP contribution is 2.65. The van der Waals surface area contributed by atoms with Gasteiger partial charge in [0.25, 0.3) is 0 Å². The molecule has 3 unspecified atom stereocenters. The largest absolute Gasteiger partial charge is 0.372 e. The van der Waals surface area contributed by atoms with Crippen molar-refractivity contribution >= 4 is 29.4 Å². The van der Waals surface area contributed by atoms with Crippen LogP contribution in [-0.4, -0.2) is 42.3 Å². The van der Waals surface area contributed by atoms with E-state index >= 15 is 0 Å². The van der Waals surface area contributed by atoms with E-state index in [1.165, 1.54) is 82.6 Å². The summed E-state index contributed by atoms with van der Waals surface area (Å²) in [5, 5.41) is 12.0. The van der Waals surface area contributed by atoms with Crippen LogP contribution in [0.4, 0.5) is 0 Å². The third kappa shape index (κ3) is 4.15. The molecule has 9 rings (SSSR count). The van der Waals surface area contributed by atoms with Crippen LogP contribution in [0, 0.1) is 40.9 Å². The lowest BCUT2D eigenvalue weighted by Crippen LogP contribution is -2.58. The molecule has 8 bridgehead atoms. The summed E-state index contributed by atoms with van der Waals surface area (Å²) >= 11 is 4.16. The van der Waals surface area contributed by atoms with Gasteiger partial charge in [-0.2, -0.15) is 0 Å². The molecule has 9 aliphatic rings. The van der Waals surface area contributed by atoms with Gasteiger partial charge in [-0.1, -0.05) is 26.8 Å². The van der Waals surface area contributed by atoms with E-state index in [0.717, 1.165) is 35.5 Å². The van der Waals surface area contributed by atoms with Crippen LogP contribution in [0.5, 0.6) is 0 Å². The maximum absolute atomic E-state index is 13.2. The molecule has 0 aromatic carbocycles. The Morgan fingerprint density at radius 3 is 1.56 bits per heavy atom. The lowest BCUT2D eigenvalue weighted by Gasteiger charge is -2.59. The van der Waals surface area contributed by atoms with Crippen molar-refractivity contribution in [3.8, 4) is 0 Å². The molecule has 1 N–H and O–H groups in total. The van der Waals surface area contributed by atoms with Gasteiger partial charge in [-0.3, -0.25) is 4.79 Å². The highest BCUT2D eigenvalue weighted by Gasteiger charge is 2.56. The van der Waals surface area contributed by atoms with E-state index in [2.05, 4.69) is 50.4 Å². The molecule has 8 fully saturated rings. The third-order valence-electron chi connectivity index (χ3n) is 11.4. The van der Waals surface area contributed by atoms with Crippen molar-refractivity contribution in [1.29, 1.82) is 0 Å². The number of amides is 1. The van der Waals surface area contributed by atoms with Crippen LogP contribution in [0.1, 0.15) is 105 Å². The smallest absolute Gasteiger partial charge is 0.222 e. The van der Waals surface area contributed by atoms with Crippen LogP contribution in [0.15, 0.2) is 11.6 Å². The first kappa shape index (κ1) is 24.9. The minimum atomic E-state index is -0.717. The Hall–Kier alpha value is -0.130. The normalized spacial score (nSPS) is 51.1. The summed E-state index contributed by atoms with van der Waals surface area (Å²) in [7, 11) is 0. The summed E-state index contributed by atoms with van der Waals surface area (Å²) in [6, 6.07) is 0. The number of rotatable bonds is 4. The SMILES string of the molecule is CC(=O)N1C(SC23CC4CC(CC(C4)C2)C3)C=C(C(C)(C)C)C(SC23CC4CC(CC(C4)C2)C3)C1O. The predicted molar refractivity (Wildman–Crippen MR) is 151 cm³/mol. The first-order valence-electron chi connectivity index (χ1n) is 15.0. The number of hydrogen-bond donors (Lipinski definition) is 1. The lowest BCUT2D eigenvalue weighted by atomic mass is 9.56. The van der Waals surface area contributed by atoms with Crippen LogP contribution in [0.2, 0.25) is 0 Å². The highest BCUT2D eigenvalue weighted by atomic mass is 32.2. The Bertz CT molecular complexity index is 880. The summed E-state index contributed by atoms with van der Waals surface area (Å²) in [5.74, 6) is 5.43. The number of carbonyl (C=O) groups excluding carboxylic acids is 1. The Balaban J connectivity index is 1.21. The van der Waals surface area contributed by atoms with Crippen molar-refractivity contribution in [1.82, 2.24) is 4.90 Å². The van der Waals surface area contributed by atoms with E-state index in [1.807, 2.05) is 4.90 Å². The fourth-order valence-electron chi connectivity index (χ4n) is 10.9. The van der Waals surface area contributed by atoms with Crippen molar-refractivity contribution in [2.24, 2.45) is 40.9 Å². The fourth-order valence-corrected chi connectivity index (χ4v) is 15.4. The van der Waals surface area contributed by atoms with Crippen LogP contribution in [0.3, 0.4) is 0 Å². The van der Waals surface area contributed by atoms with Crippen molar-refractivity contribution in [3.05, 3.63) is 11.6 Å². The molecule has 0 radical (unpaired) electrons. The van der Waals surface area contributed by atoms with Crippen molar-refractivity contribution in [2.75, 3.05) is 0 Å². The molecule has 1 amide bonds. The van der Waals surface area contributed by atoms with E-state index < -0.39 is 6.23 Å². The first-order chi connectivity index (χ1) is 17.0. The van der Waals surface area contributed by atoms with Gasteiger partial charge in [0.05, 0.1) is 10.6 Å². The summed E-state index contributed by atoms with van der Waals surface area (Å²) in [5.41, 5.74) is 1.39. The average Bonchev–Trinajstić information content (AvgIpc) is 2.72. The number of hydrogen-bond acceptors (Lipinski definition) is 4. The molecule has 3 atom stereocenters. The van der Waals surface area contributed by atoms with Crippen LogP contribution in [-0.2, 0) is 4.79 Å². The maximum atomic E-state index is 13.2. The predicted octanol–water partition coefficient (Wildman–Crippen LogP) is 7.24. The molecule has 1 heterocycles. The third-order valence-corrected chi connectivity index (χ3v) is 14.8. The van der Waals surface area contributed by atoms with E-state index in [1.54, 1.807) is 6.92 Å². The van der Waals surface area contributed by atoms with E-state index in [0.29, 0.717) is 9.49 Å². The second kappa shape index (κ2) is 8.43. The molecule has 0 aromatic rings. The van der Waals surface area contributed by atoms with Gasteiger partial charge in [0.2, 0.25) is 5.91 Å². The van der Waals surface area contributed by atoms with E-state index in [-0.39, 0.29) is 21.9 Å². The summed E-state index contributed by atoms with van der Waals surface area (Å²) in [6.45, 7) is 8.68. The van der Waals surface area contributed by atoms with E-state index in [4.69, 9.17) is 0 Å². The molecule has 0 spiro atoms. The number of nitrogens with zero attached hydrogens (tertiary/aromatic N) is 1. The Morgan fingerprint density at radius 1 is 0.806 bits per heavy atom. The topological polar surface area (TPSA) is 40.5 Å². The quantitative estimate of drug-likeness (QED) is 0.390. The molecule has 0 saturated heterocycles. The van der Waals surface area contributed by atoms with Gasteiger partial charge in [0.1, 0.15) is 6.23 Å². The zero-order chi connectivity index (χ0) is 25.0. The van der Waals surface area contributed by atoms with Gasteiger partial charge in [0.15, 0.2) is 0 Å². The summed E-state index contributed by atoms with van der Waals surface area (Å²) in [4.78, 5) is 15.1. The minimum Gasteiger partial charge on any atom is -0.372 e. The zero-order valence-corrected chi connectivity index (χ0v) is 24.5. The van der Waals surface area contributed by atoms with Gasteiger partial charge in [-0.25, -0.2) is 0 Å². The summed E-state index contributed by atoms with van der Waals surface area (Å²) < 4.78 is 0.624. The zero-order valence-electron chi connectivity index (χ0n) is 22.9. The fraction of sp³-hybridized carbons (Fsp3) is 0.903. The lowest BCUT2D eigenvalue weighted by molar-refractivity contribution is -0.139. The second-order valence-electron chi connectivity index (χ2n) is 15.5. The second-order valence-corrected chi connectivity index (χ2v) is 18.7. The Kier molecular flexibility index (Phi) is 5.83. The van der Waals surface area contributed by atoms with Gasteiger partial charge in [-0.15, -0.1) is 23.5 Å². The van der Waals surface area contributed by atoms with Crippen LogP contribution in [0.25, 0.3) is 0 Å². The molecular weight excluding hydrogens is 482 g/mol. The maximum Gasteiger partial charge on any atom is 0.222 e. The number of aliphatic hydroxyl groups excluding tert-OH is 1. The Morgan fingerprint density at radius 2 is 1.19 bits per heavy atom. The van der Waals surface area contributed by atoms with Crippen molar-refractivity contribution in [3.63, 3.8) is 0 Å². The van der Waals surface area contributed by atoms with Crippen molar-refractivity contribution in [2.45, 2.75) is 131 Å². The van der Waals surface area contributed by atoms with Gasteiger partial charge >= 0.3 is 0 Å². The van der Waals surface area contributed by atoms with E-state index in [9.17, 15) is 9.90 Å². The molecule has 8 aliphatic carbocycles. The average molecular weight is 530 g/mol. The number of aliphatic hydroxyl groups is 1. The molecule has 0 aromatic heterocycles. The molecule has 36 heavy (non-hydrogen) atoms. The number of thioether (sulfide) groups is 2. The molecule has 5 heteroatoms. The first-order valence-corrected chi connectivity index (χ1v) is 16.8. The Labute approximate surface area is 227 Å². The van der Waals surface area contributed by atoms with Crippen LogP contribution >= 0.6 is 23.5 Å². The molecular formula is C31H47NO2S2. The highest BCUT2D eigenvalue weighted by molar-refractivity contribution is 8.02. The van der Waals surface area contributed by atoms with Gasteiger partial charge in [-0.05, 0) is 124 Å². The molecule has 200 valence electrons. The van der Waals surface area contributed by atoms with Gasteiger partial charge < -0.3 is 10.0 Å². The van der Waals surface area contributed by atoms with Crippen LogP contribution < -0.4 is 0 Å². The molecule has 8 saturated carbocycles. The minimum absolute atomic E-state index is 0.00152. The summed E-state index contributed by atoms with van der Waals surface area (Å²) in [6.07, 6.45) is 18.4. The number of carbonyl (C=O) groups is 1. The standard InChI is InChI=1S/C31H47NO2S2/c1-18(33)32-26(35-30-12-19-5-20(13-30)7-21(6-19)14-30)11-25(29(2,3)4)27(28(32)34)36-31-15-22-8-23(16-31)10-24(9-22)17-31/h11,19-24,26-28,34H,5-10,12-17H2,1-4H3. The monoisotopic (exact) mass is 529 g/mol. The van der Waals surface area contributed by atoms with Gasteiger partial charge in [0, 0.05) is 16.4 Å². The molecule has 1 aliphatic heterocycles.